The number of amides is 2. The summed E-state index contributed by atoms with van der Waals surface area (Å²) in [5, 5.41) is 3.11. The lowest BCUT2D eigenvalue weighted by atomic mass is 10.1. The van der Waals surface area contributed by atoms with Crippen molar-refractivity contribution in [2.45, 2.75) is 19.3 Å². The lowest BCUT2D eigenvalue weighted by Crippen LogP contribution is -2.29. The van der Waals surface area contributed by atoms with Crippen LogP contribution in [0.2, 0.25) is 0 Å². The molecule has 1 saturated carbocycles. The van der Waals surface area contributed by atoms with Crippen LogP contribution >= 0.6 is 11.3 Å². The van der Waals surface area contributed by atoms with Crippen molar-refractivity contribution in [2.75, 3.05) is 17.3 Å². The summed E-state index contributed by atoms with van der Waals surface area (Å²) >= 11 is 1.22. The molecule has 3 aromatic rings. The highest BCUT2D eigenvalue weighted by Crippen LogP contribution is 2.33. The fraction of sp³-hybridized carbons (Fsp3) is 0.227. The third-order valence-electron chi connectivity index (χ3n) is 4.92. The van der Waals surface area contributed by atoms with Gasteiger partial charge >= 0.3 is 0 Å². The van der Waals surface area contributed by atoms with Gasteiger partial charge in [-0.15, -0.1) is 11.3 Å². The summed E-state index contributed by atoms with van der Waals surface area (Å²) in [7, 11) is 1.67. The molecule has 2 amide bonds. The van der Waals surface area contributed by atoms with Gasteiger partial charge in [0.25, 0.3) is 5.91 Å². The zero-order chi connectivity index (χ0) is 21.3. The Hall–Kier alpha value is -3.13. The van der Waals surface area contributed by atoms with Gasteiger partial charge in [0.05, 0.1) is 11.3 Å². The maximum absolute atomic E-state index is 13.9. The van der Waals surface area contributed by atoms with Crippen molar-refractivity contribution in [1.82, 2.24) is 4.98 Å². The van der Waals surface area contributed by atoms with Gasteiger partial charge in [-0.05, 0) is 36.6 Å². The number of para-hydroxylation sites is 1. The van der Waals surface area contributed by atoms with Crippen LogP contribution in [0.1, 0.15) is 33.6 Å². The van der Waals surface area contributed by atoms with Gasteiger partial charge < -0.3 is 4.90 Å². The Balaban J connectivity index is 1.48. The lowest BCUT2D eigenvalue weighted by Gasteiger charge is -2.20. The summed E-state index contributed by atoms with van der Waals surface area (Å²) in [6.07, 6.45) is 3.56. The first-order chi connectivity index (χ1) is 14.4. The van der Waals surface area contributed by atoms with Gasteiger partial charge in [0, 0.05) is 36.5 Å². The number of hydrogen-bond donors (Lipinski definition) is 1. The van der Waals surface area contributed by atoms with Crippen LogP contribution in [0.15, 0.2) is 48.7 Å². The van der Waals surface area contributed by atoms with Gasteiger partial charge in [0.15, 0.2) is 5.13 Å². The topological polar surface area (TPSA) is 62.3 Å². The van der Waals surface area contributed by atoms with Crippen LogP contribution in [0.4, 0.5) is 19.6 Å². The van der Waals surface area contributed by atoms with Crippen molar-refractivity contribution in [1.29, 1.82) is 0 Å². The van der Waals surface area contributed by atoms with Crippen molar-refractivity contribution in [2.24, 2.45) is 5.92 Å². The van der Waals surface area contributed by atoms with E-state index in [1.54, 1.807) is 37.5 Å². The van der Waals surface area contributed by atoms with Crippen molar-refractivity contribution < 1.29 is 18.4 Å². The predicted octanol–water partition coefficient (Wildman–Crippen LogP) is 4.64. The molecule has 1 aliphatic carbocycles. The van der Waals surface area contributed by atoms with E-state index in [4.69, 9.17) is 0 Å². The monoisotopic (exact) mass is 427 g/mol. The summed E-state index contributed by atoms with van der Waals surface area (Å²) in [5.74, 6) is -1.58. The molecule has 1 fully saturated rings. The molecule has 0 unspecified atom stereocenters. The number of anilines is 2. The third kappa shape index (κ3) is 4.38. The highest BCUT2D eigenvalue weighted by Gasteiger charge is 2.33. The fourth-order valence-electron chi connectivity index (χ4n) is 3.15. The molecule has 154 valence electrons. The number of benzene rings is 2. The molecule has 1 aliphatic rings. The maximum atomic E-state index is 13.9. The molecule has 0 radical (unpaired) electrons. The summed E-state index contributed by atoms with van der Waals surface area (Å²) in [5.41, 5.74) is 1.26. The van der Waals surface area contributed by atoms with Crippen LogP contribution in [0.3, 0.4) is 0 Å². The number of carbonyl (C=O) groups excluding carboxylic acids is 2. The Kier molecular flexibility index (Phi) is 5.59. The Bertz CT molecular complexity index is 1110. The van der Waals surface area contributed by atoms with E-state index >= 15 is 0 Å². The second-order valence-electron chi connectivity index (χ2n) is 7.19. The van der Waals surface area contributed by atoms with E-state index in [0.29, 0.717) is 21.9 Å². The first-order valence-electron chi connectivity index (χ1n) is 9.49. The molecule has 0 bridgehead atoms. The SMILES string of the molecule is CN(C(=O)C1CC1)c1ccccc1C(=O)Nc1ncc(Cc2ccc(F)cc2F)s1. The minimum atomic E-state index is -0.627. The van der Waals surface area contributed by atoms with Gasteiger partial charge in [-0.2, -0.15) is 0 Å². The Morgan fingerprint density at radius 3 is 2.70 bits per heavy atom. The van der Waals surface area contributed by atoms with E-state index < -0.39 is 11.6 Å². The summed E-state index contributed by atoms with van der Waals surface area (Å²) in [4.78, 5) is 31.7. The number of hydrogen-bond acceptors (Lipinski definition) is 4. The second-order valence-corrected chi connectivity index (χ2v) is 8.30. The van der Waals surface area contributed by atoms with Gasteiger partial charge in [0.1, 0.15) is 11.6 Å². The van der Waals surface area contributed by atoms with Crippen molar-refractivity contribution in [3.05, 3.63) is 76.3 Å². The number of rotatable bonds is 6. The zero-order valence-electron chi connectivity index (χ0n) is 16.2. The van der Waals surface area contributed by atoms with Gasteiger partial charge in [-0.25, -0.2) is 13.8 Å². The van der Waals surface area contributed by atoms with Crippen molar-refractivity contribution in [3.63, 3.8) is 0 Å². The van der Waals surface area contributed by atoms with Crippen LogP contribution in [0.5, 0.6) is 0 Å². The predicted molar refractivity (Wildman–Crippen MR) is 112 cm³/mol. The van der Waals surface area contributed by atoms with Crippen molar-refractivity contribution in [3.8, 4) is 0 Å². The summed E-state index contributed by atoms with van der Waals surface area (Å²) in [6, 6.07) is 10.4. The molecule has 0 saturated heterocycles. The normalized spacial score (nSPS) is 13.2. The Morgan fingerprint density at radius 1 is 1.20 bits per heavy atom. The molecular formula is C22H19F2N3O2S. The summed E-state index contributed by atoms with van der Waals surface area (Å²) < 4.78 is 26.9. The van der Waals surface area contributed by atoms with E-state index in [-0.39, 0.29) is 24.2 Å². The van der Waals surface area contributed by atoms with Gasteiger partial charge in [-0.1, -0.05) is 18.2 Å². The number of nitrogens with one attached hydrogen (secondary N) is 1. The largest absolute Gasteiger partial charge is 0.314 e. The molecule has 4 rings (SSSR count). The molecule has 1 N–H and O–H groups in total. The highest BCUT2D eigenvalue weighted by molar-refractivity contribution is 7.15. The molecule has 30 heavy (non-hydrogen) atoms. The van der Waals surface area contributed by atoms with E-state index in [1.807, 2.05) is 0 Å². The molecular weight excluding hydrogens is 408 g/mol. The number of aromatic nitrogens is 1. The van der Waals surface area contributed by atoms with Crippen LogP contribution < -0.4 is 10.2 Å². The minimum Gasteiger partial charge on any atom is -0.314 e. The third-order valence-corrected chi connectivity index (χ3v) is 5.83. The van der Waals surface area contributed by atoms with Crippen LogP contribution in [-0.2, 0) is 11.2 Å². The zero-order valence-corrected chi connectivity index (χ0v) is 17.0. The van der Waals surface area contributed by atoms with E-state index in [1.165, 1.54) is 28.4 Å². The molecule has 5 nitrogen and oxygen atoms in total. The molecule has 0 aliphatic heterocycles. The Labute approximate surface area is 176 Å². The number of thiazole rings is 1. The van der Waals surface area contributed by atoms with E-state index in [0.717, 1.165) is 23.8 Å². The fourth-order valence-corrected chi connectivity index (χ4v) is 3.98. The first-order valence-corrected chi connectivity index (χ1v) is 10.3. The van der Waals surface area contributed by atoms with Crippen LogP contribution in [0.25, 0.3) is 0 Å². The molecule has 1 heterocycles. The number of carbonyl (C=O) groups is 2. The number of halogens is 2. The number of nitrogens with zero attached hydrogens (tertiary/aromatic N) is 2. The maximum Gasteiger partial charge on any atom is 0.259 e. The average molecular weight is 427 g/mol. The average Bonchev–Trinajstić information content (AvgIpc) is 3.50. The lowest BCUT2D eigenvalue weighted by molar-refractivity contribution is -0.119. The van der Waals surface area contributed by atoms with Crippen molar-refractivity contribution >= 4 is 34.0 Å². The van der Waals surface area contributed by atoms with Crippen LogP contribution in [-0.4, -0.2) is 23.8 Å². The standard InChI is InChI=1S/C22H19F2N3O2S/c1-27(21(29)13-6-7-13)19-5-3-2-4-17(19)20(28)26-22-25-12-16(30-22)10-14-8-9-15(23)11-18(14)24/h2-5,8-9,11-13H,6-7,10H2,1H3,(H,25,26,28). The first kappa shape index (κ1) is 20.2. The molecule has 1 aromatic heterocycles. The minimum absolute atomic E-state index is 0.00751. The highest BCUT2D eigenvalue weighted by atomic mass is 32.1. The molecule has 8 heteroatoms. The molecule has 2 aromatic carbocycles. The second kappa shape index (κ2) is 8.31. The Morgan fingerprint density at radius 2 is 1.97 bits per heavy atom. The van der Waals surface area contributed by atoms with Gasteiger partial charge in [0.2, 0.25) is 5.91 Å². The molecule has 0 spiro atoms. The van der Waals surface area contributed by atoms with E-state index in [2.05, 4.69) is 10.3 Å². The molecule has 0 atom stereocenters. The van der Waals surface area contributed by atoms with E-state index in [9.17, 15) is 18.4 Å². The summed E-state index contributed by atoms with van der Waals surface area (Å²) in [6.45, 7) is 0. The quantitative estimate of drug-likeness (QED) is 0.624. The smallest absolute Gasteiger partial charge is 0.259 e. The van der Waals surface area contributed by atoms with Crippen LogP contribution in [0, 0.1) is 17.6 Å². The van der Waals surface area contributed by atoms with Gasteiger partial charge in [-0.3, -0.25) is 14.9 Å².